The fraction of sp³-hybridized carbons (Fsp3) is 0.417. The fourth-order valence-corrected chi connectivity index (χ4v) is 4.00. The van der Waals surface area contributed by atoms with Gasteiger partial charge in [0, 0.05) is 13.1 Å². The van der Waals surface area contributed by atoms with Crippen LogP contribution in [0.3, 0.4) is 0 Å². The number of carbonyl (C=O) groups is 1. The largest absolute Gasteiger partial charge is 0.324 e. The van der Waals surface area contributed by atoms with Crippen LogP contribution < -0.4 is 5.32 Å². The molecular weight excluding hydrogens is 307 g/mol. The van der Waals surface area contributed by atoms with Gasteiger partial charge in [-0.05, 0) is 18.6 Å². The number of sulfone groups is 1. The summed E-state index contributed by atoms with van der Waals surface area (Å²) in [6.45, 7) is 0. The van der Waals surface area contributed by atoms with Crippen molar-refractivity contribution in [2.24, 2.45) is 0 Å². The molecule has 2 amide bonds. The third kappa shape index (κ3) is 3.21. The standard InChI is InChI=1S/C12H14ClFN2O3S/c1-16(8-5-6-20(18,19)7-8)12(17)15-10-4-2-3-9(13)11(10)14/h2-4,8H,5-7H2,1H3,(H,15,17). The summed E-state index contributed by atoms with van der Waals surface area (Å²) < 4.78 is 36.4. The van der Waals surface area contributed by atoms with E-state index < -0.39 is 21.7 Å². The molecule has 5 nitrogen and oxygen atoms in total. The van der Waals surface area contributed by atoms with E-state index in [9.17, 15) is 17.6 Å². The number of halogens is 2. The molecule has 0 spiro atoms. The van der Waals surface area contributed by atoms with E-state index in [2.05, 4.69) is 5.32 Å². The number of rotatable bonds is 2. The number of benzene rings is 1. The van der Waals surface area contributed by atoms with Crippen molar-refractivity contribution in [2.75, 3.05) is 23.9 Å². The second kappa shape index (κ2) is 5.57. The zero-order chi connectivity index (χ0) is 14.9. The second-order valence-electron chi connectivity index (χ2n) is 4.70. The van der Waals surface area contributed by atoms with E-state index in [1.54, 1.807) is 0 Å². The van der Waals surface area contributed by atoms with Crippen LogP contribution in [0, 0.1) is 5.82 Å². The normalized spacial score (nSPS) is 20.6. The predicted molar refractivity (Wildman–Crippen MR) is 75.3 cm³/mol. The number of anilines is 1. The van der Waals surface area contributed by atoms with Gasteiger partial charge < -0.3 is 10.2 Å². The summed E-state index contributed by atoms with van der Waals surface area (Å²) in [5.74, 6) is -0.703. The lowest BCUT2D eigenvalue weighted by Crippen LogP contribution is -2.40. The molecular formula is C12H14ClFN2O3S. The average Bonchev–Trinajstić information content (AvgIpc) is 2.74. The Bertz CT molecular complexity index is 636. The number of urea groups is 1. The van der Waals surface area contributed by atoms with Gasteiger partial charge in [0.05, 0.1) is 22.2 Å². The van der Waals surface area contributed by atoms with E-state index in [1.807, 2.05) is 0 Å². The number of nitrogens with one attached hydrogen (secondary N) is 1. The molecule has 1 N–H and O–H groups in total. The summed E-state index contributed by atoms with van der Waals surface area (Å²) in [5, 5.41) is 2.30. The Morgan fingerprint density at radius 2 is 2.20 bits per heavy atom. The van der Waals surface area contributed by atoms with Crippen LogP contribution in [0.1, 0.15) is 6.42 Å². The number of hydrogen-bond acceptors (Lipinski definition) is 3. The highest BCUT2D eigenvalue weighted by atomic mass is 35.5. The molecule has 1 saturated heterocycles. The maximum Gasteiger partial charge on any atom is 0.321 e. The fourth-order valence-electron chi connectivity index (χ4n) is 2.05. The monoisotopic (exact) mass is 320 g/mol. The molecule has 110 valence electrons. The summed E-state index contributed by atoms with van der Waals surface area (Å²) in [6.07, 6.45) is 0.393. The molecule has 1 aromatic carbocycles. The van der Waals surface area contributed by atoms with Crippen molar-refractivity contribution in [3.8, 4) is 0 Å². The molecule has 1 aliphatic rings. The van der Waals surface area contributed by atoms with Crippen LogP contribution in [0.15, 0.2) is 18.2 Å². The van der Waals surface area contributed by atoms with E-state index in [-0.39, 0.29) is 28.3 Å². The Balaban J connectivity index is 2.07. The molecule has 0 saturated carbocycles. The summed E-state index contributed by atoms with van der Waals surface area (Å²) in [5.41, 5.74) is -0.0322. The minimum atomic E-state index is -3.08. The van der Waals surface area contributed by atoms with Gasteiger partial charge in [0.1, 0.15) is 0 Å². The van der Waals surface area contributed by atoms with Crippen molar-refractivity contribution >= 4 is 33.2 Å². The zero-order valence-electron chi connectivity index (χ0n) is 10.8. The van der Waals surface area contributed by atoms with Crippen LogP contribution >= 0.6 is 11.6 Å². The Kier molecular flexibility index (Phi) is 4.19. The molecule has 0 aliphatic carbocycles. The molecule has 1 aliphatic heterocycles. The molecule has 20 heavy (non-hydrogen) atoms. The molecule has 2 rings (SSSR count). The van der Waals surface area contributed by atoms with Crippen molar-refractivity contribution < 1.29 is 17.6 Å². The average molecular weight is 321 g/mol. The summed E-state index contributed by atoms with van der Waals surface area (Å²) in [7, 11) is -1.59. The minimum Gasteiger partial charge on any atom is -0.324 e. The number of carbonyl (C=O) groups excluding carboxylic acids is 1. The molecule has 1 heterocycles. The molecule has 0 radical (unpaired) electrons. The Hall–Kier alpha value is -1.34. The molecule has 8 heteroatoms. The maximum atomic E-state index is 13.7. The summed E-state index contributed by atoms with van der Waals surface area (Å²) in [6, 6.07) is 3.33. The van der Waals surface area contributed by atoms with Gasteiger partial charge in [0.25, 0.3) is 0 Å². The van der Waals surface area contributed by atoms with Crippen LogP contribution in [-0.2, 0) is 9.84 Å². The summed E-state index contributed by atoms with van der Waals surface area (Å²) in [4.78, 5) is 13.3. The highest BCUT2D eigenvalue weighted by Gasteiger charge is 2.32. The van der Waals surface area contributed by atoms with Crippen molar-refractivity contribution in [1.82, 2.24) is 4.90 Å². The van der Waals surface area contributed by atoms with Crippen LogP contribution in [0.25, 0.3) is 0 Å². The lowest BCUT2D eigenvalue weighted by molar-refractivity contribution is 0.209. The van der Waals surface area contributed by atoms with Crippen LogP contribution in [-0.4, -0.2) is 43.9 Å². The van der Waals surface area contributed by atoms with Gasteiger partial charge in [-0.25, -0.2) is 17.6 Å². The number of amides is 2. The number of nitrogens with zero attached hydrogens (tertiary/aromatic N) is 1. The van der Waals surface area contributed by atoms with Crippen LogP contribution in [0.5, 0.6) is 0 Å². The Morgan fingerprint density at radius 1 is 1.50 bits per heavy atom. The van der Waals surface area contributed by atoms with Crippen LogP contribution in [0.2, 0.25) is 5.02 Å². The SMILES string of the molecule is CN(C(=O)Nc1cccc(Cl)c1F)C1CCS(=O)(=O)C1. The van der Waals surface area contributed by atoms with Gasteiger partial charge in [0.15, 0.2) is 15.7 Å². The first-order valence-corrected chi connectivity index (χ1v) is 8.18. The lowest BCUT2D eigenvalue weighted by Gasteiger charge is -2.23. The third-order valence-corrected chi connectivity index (χ3v) is 5.31. The lowest BCUT2D eigenvalue weighted by atomic mass is 10.2. The van der Waals surface area contributed by atoms with Gasteiger partial charge in [0.2, 0.25) is 0 Å². The first-order valence-electron chi connectivity index (χ1n) is 5.98. The first-order chi connectivity index (χ1) is 9.30. The number of hydrogen-bond donors (Lipinski definition) is 1. The van der Waals surface area contributed by atoms with Gasteiger partial charge >= 0.3 is 6.03 Å². The maximum absolute atomic E-state index is 13.7. The van der Waals surface area contributed by atoms with E-state index in [1.165, 1.54) is 30.1 Å². The second-order valence-corrected chi connectivity index (χ2v) is 7.34. The minimum absolute atomic E-state index is 0.0322. The zero-order valence-corrected chi connectivity index (χ0v) is 12.3. The Morgan fingerprint density at radius 3 is 2.80 bits per heavy atom. The smallest absolute Gasteiger partial charge is 0.321 e. The quantitative estimate of drug-likeness (QED) is 0.907. The van der Waals surface area contributed by atoms with Gasteiger partial charge in [-0.1, -0.05) is 17.7 Å². The molecule has 1 fully saturated rings. The van der Waals surface area contributed by atoms with Crippen molar-refractivity contribution in [2.45, 2.75) is 12.5 Å². The van der Waals surface area contributed by atoms with Crippen LogP contribution in [0.4, 0.5) is 14.9 Å². The first kappa shape index (κ1) is 15.1. The molecule has 0 aromatic heterocycles. The van der Waals surface area contributed by atoms with E-state index in [0.717, 1.165) is 0 Å². The molecule has 1 aromatic rings. The van der Waals surface area contributed by atoms with Gasteiger partial charge in [-0.3, -0.25) is 0 Å². The molecule has 1 atom stereocenters. The van der Waals surface area contributed by atoms with Crippen molar-refractivity contribution in [1.29, 1.82) is 0 Å². The van der Waals surface area contributed by atoms with Crippen molar-refractivity contribution in [3.63, 3.8) is 0 Å². The highest BCUT2D eigenvalue weighted by molar-refractivity contribution is 7.91. The van der Waals surface area contributed by atoms with E-state index in [4.69, 9.17) is 11.6 Å². The topological polar surface area (TPSA) is 66.5 Å². The van der Waals surface area contributed by atoms with Gasteiger partial charge in [-0.15, -0.1) is 0 Å². The van der Waals surface area contributed by atoms with E-state index in [0.29, 0.717) is 6.42 Å². The highest BCUT2D eigenvalue weighted by Crippen LogP contribution is 2.23. The molecule has 1 unspecified atom stereocenters. The van der Waals surface area contributed by atoms with E-state index >= 15 is 0 Å². The van der Waals surface area contributed by atoms with Crippen molar-refractivity contribution in [3.05, 3.63) is 29.0 Å². The van der Waals surface area contributed by atoms with Gasteiger partial charge in [-0.2, -0.15) is 0 Å². The third-order valence-electron chi connectivity index (χ3n) is 3.27. The molecule has 0 bridgehead atoms. The Labute approximate surface area is 121 Å². The predicted octanol–water partition coefficient (Wildman–Crippen LogP) is 2.13. The summed E-state index contributed by atoms with van der Waals surface area (Å²) >= 11 is 5.62.